The van der Waals surface area contributed by atoms with Crippen molar-refractivity contribution in [3.05, 3.63) is 28.7 Å². The van der Waals surface area contributed by atoms with E-state index in [1.165, 1.54) is 21.0 Å². The molecule has 1 aromatic heterocycles. The van der Waals surface area contributed by atoms with Crippen molar-refractivity contribution < 1.29 is 17.6 Å². The minimum atomic E-state index is -3.76. The van der Waals surface area contributed by atoms with E-state index in [2.05, 4.69) is 0 Å². The number of oxazole rings is 1. The summed E-state index contributed by atoms with van der Waals surface area (Å²) in [6.45, 7) is 2.13. The van der Waals surface area contributed by atoms with Crippen molar-refractivity contribution >= 4 is 27.0 Å². The molecular formula is C19H25N3O5S. The molecule has 0 bridgehead atoms. The molecule has 1 atom stereocenters. The normalized spacial score (nSPS) is 21.9. The number of hydrogen-bond acceptors (Lipinski definition) is 5. The number of aryl methyl sites for hydroxylation is 1. The number of hydrogen-bond donors (Lipinski definition) is 0. The Bertz CT molecular complexity index is 1050. The molecule has 0 aliphatic carbocycles. The highest BCUT2D eigenvalue weighted by Gasteiger charge is 2.35. The first-order valence-electron chi connectivity index (χ1n) is 9.76. The maximum atomic E-state index is 13.1. The fourth-order valence-corrected chi connectivity index (χ4v) is 5.70. The number of sulfonamides is 1. The summed E-state index contributed by atoms with van der Waals surface area (Å²) in [5, 5.41) is 0. The smallest absolute Gasteiger partial charge is 0.408 e. The summed E-state index contributed by atoms with van der Waals surface area (Å²) in [6.07, 6.45) is 4.55. The van der Waals surface area contributed by atoms with Crippen molar-refractivity contribution in [2.75, 3.05) is 26.2 Å². The van der Waals surface area contributed by atoms with Crippen LogP contribution in [-0.4, -0.2) is 54.3 Å². The summed E-state index contributed by atoms with van der Waals surface area (Å²) >= 11 is 0. The molecule has 1 aromatic carbocycles. The Morgan fingerprint density at radius 3 is 2.61 bits per heavy atom. The minimum Gasteiger partial charge on any atom is -0.408 e. The summed E-state index contributed by atoms with van der Waals surface area (Å²) in [6, 6.07) is 4.46. The first-order chi connectivity index (χ1) is 13.4. The van der Waals surface area contributed by atoms with Crippen LogP contribution in [0.15, 0.2) is 32.3 Å². The van der Waals surface area contributed by atoms with E-state index in [0.29, 0.717) is 24.9 Å². The lowest BCUT2D eigenvalue weighted by Gasteiger charge is -2.35. The number of carbonyl (C=O) groups excluding carboxylic acids is 1. The molecule has 0 N–H and O–H groups in total. The van der Waals surface area contributed by atoms with Crippen LogP contribution in [0.25, 0.3) is 11.1 Å². The van der Waals surface area contributed by atoms with Crippen LogP contribution >= 0.6 is 0 Å². The van der Waals surface area contributed by atoms with Gasteiger partial charge in [0.1, 0.15) is 0 Å². The molecule has 0 unspecified atom stereocenters. The number of piperidine rings is 2. The van der Waals surface area contributed by atoms with Gasteiger partial charge < -0.3 is 9.32 Å². The molecule has 2 saturated heterocycles. The third-order valence-electron chi connectivity index (χ3n) is 5.80. The van der Waals surface area contributed by atoms with Gasteiger partial charge >= 0.3 is 5.76 Å². The van der Waals surface area contributed by atoms with E-state index in [4.69, 9.17) is 4.42 Å². The highest BCUT2D eigenvalue weighted by Crippen LogP contribution is 2.27. The molecule has 4 rings (SSSR count). The average molecular weight is 407 g/mol. The number of nitrogens with zero attached hydrogens (tertiary/aromatic N) is 3. The van der Waals surface area contributed by atoms with Crippen molar-refractivity contribution in [1.29, 1.82) is 0 Å². The lowest BCUT2D eigenvalue weighted by atomic mass is 9.97. The van der Waals surface area contributed by atoms with Crippen LogP contribution in [0.3, 0.4) is 0 Å². The molecule has 0 saturated carbocycles. The van der Waals surface area contributed by atoms with Gasteiger partial charge in [-0.2, -0.15) is 4.31 Å². The van der Waals surface area contributed by atoms with Crippen molar-refractivity contribution in [3.63, 3.8) is 0 Å². The van der Waals surface area contributed by atoms with E-state index < -0.39 is 15.8 Å². The van der Waals surface area contributed by atoms with E-state index in [1.807, 2.05) is 4.90 Å². The zero-order valence-corrected chi connectivity index (χ0v) is 16.8. The monoisotopic (exact) mass is 407 g/mol. The molecule has 0 spiro atoms. The predicted octanol–water partition coefficient (Wildman–Crippen LogP) is 1.54. The van der Waals surface area contributed by atoms with E-state index in [-0.39, 0.29) is 28.8 Å². The molecule has 8 nitrogen and oxygen atoms in total. The molecule has 1 amide bonds. The molecule has 9 heteroatoms. The minimum absolute atomic E-state index is 0.0732. The molecule has 28 heavy (non-hydrogen) atoms. The lowest BCUT2D eigenvalue weighted by molar-refractivity contribution is -0.137. The van der Waals surface area contributed by atoms with Gasteiger partial charge in [0.15, 0.2) is 5.58 Å². The van der Waals surface area contributed by atoms with Gasteiger partial charge in [0.05, 0.1) is 16.3 Å². The number of fused-ring (bicyclic) bond motifs is 1. The number of aromatic nitrogens is 1. The van der Waals surface area contributed by atoms with Crippen LogP contribution < -0.4 is 5.76 Å². The SMILES string of the molecule is Cn1c(=O)oc2cc(S(=O)(=O)N3CCC[C@H](C(=O)N4CCCCC4)C3)ccc21. The Morgan fingerprint density at radius 1 is 1.11 bits per heavy atom. The lowest BCUT2D eigenvalue weighted by Crippen LogP contribution is -2.47. The molecule has 2 fully saturated rings. The van der Waals surface area contributed by atoms with E-state index in [1.54, 1.807) is 13.1 Å². The number of rotatable bonds is 3. The fraction of sp³-hybridized carbons (Fsp3) is 0.579. The Morgan fingerprint density at radius 2 is 1.86 bits per heavy atom. The van der Waals surface area contributed by atoms with Gasteiger partial charge in [-0.3, -0.25) is 9.36 Å². The third kappa shape index (κ3) is 3.37. The Balaban J connectivity index is 1.56. The van der Waals surface area contributed by atoms with Crippen LogP contribution in [-0.2, 0) is 21.9 Å². The molecule has 3 heterocycles. The second kappa shape index (κ2) is 7.36. The Labute approximate surface area is 163 Å². The zero-order chi connectivity index (χ0) is 19.9. The standard InChI is InChI=1S/C19H25N3O5S/c1-20-16-8-7-15(12-17(16)27-19(20)24)28(25,26)22-11-5-6-14(13-22)18(23)21-9-3-2-4-10-21/h7-8,12,14H,2-6,9-11,13H2,1H3/t14-/m0/s1. The number of likely N-dealkylation sites (tertiary alicyclic amines) is 1. The quantitative estimate of drug-likeness (QED) is 0.770. The Kier molecular flexibility index (Phi) is 5.05. The van der Waals surface area contributed by atoms with Gasteiger partial charge in [-0.1, -0.05) is 0 Å². The van der Waals surface area contributed by atoms with Gasteiger partial charge in [0, 0.05) is 39.3 Å². The van der Waals surface area contributed by atoms with Crippen molar-refractivity contribution in [2.24, 2.45) is 13.0 Å². The van der Waals surface area contributed by atoms with Gasteiger partial charge in [-0.15, -0.1) is 0 Å². The van der Waals surface area contributed by atoms with Gasteiger partial charge in [0.2, 0.25) is 15.9 Å². The van der Waals surface area contributed by atoms with Crippen LogP contribution in [0, 0.1) is 5.92 Å². The highest BCUT2D eigenvalue weighted by molar-refractivity contribution is 7.89. The maximum absolute atomic E-state index is 13.1. The second-order valence-electron chi connectivity index (χ2n) is 7.64. The summed E-state index contributed by atoms with van der Waals surface area (Å²) in [4.78, 5) is 26.5. The van der Waals surface area contributed by atoms with Gasteiger partial charge in [-0.25, -0.2) is 13.2 Å². The van der Waals surface area contributed by atoms with E-state index in [0.717, 1.165) is 32.4 Å². The average Bonchev–Trinajstić information content (AvgIpc) is 3.01. The number of amides is 1. The maximum Gasteiger partial charge on any atom is 0.419 e. The Hall–Kier alpha value is -2.13. The summed E-state index contributed by atoms with van der Waals surface area (Å²) in [7, 11) is -2.19. The van der Waals surface area contributed by atoms with Crippen LogP contribution in [0.5, 0.6) is 0 Å². The van der Waals surface area contributed by atoms with Crippen LogP contribution in [0.1, 0.15) is 32.1 Å². The summed E-state index contributed by atoms with van der Waals surface area (Å²) in [5.74, 6) is -0.751. The molecule has 152 valence electrons. The second-order valence-corrected chi connectivity index (χ2v) is 9.58. The molecular weight excluding hydrogens is 382 g/mol. The predicted molar refractivity (Wildman–Crippen MR) is 103 cm³/mol. The first kappa shape index (κ1) is 19.2. The molecule has 2 aliphatic rings. The third-order valence-corrected chi connectivity index (χ3v) is 7.66. The summed E-state index contributed by atoms with van der Waals surface area (Å²) in [5.41, 5.74) is 0.785. The van der Waals surface area contributed by atoms with Crippen LogP contribution in [0.4, 0.5) is 0 Å². The van der Waals surface area contributed by atoms with Gasteiger partial charge in [-0.05, 0) is 44.2 Å². The van der Waals surface area contributed by atoms with Crippen molar-refractivity contribution in [2.45, 2.75) is 37.0 Å². The number of benzene rings is 1. The number of carbonyl (C=O) groups is 1. The van der Waals surface area contributed by atoms with E-state index >= 15 is 0 Å². The topological polar surface area (TPSA) is 92.8 Å². The molecule has 0 radical (unpaired) electrons. The highest BCUT2D eigenvalue weighted by atomic mass is 32.2. The zero-order valence-electron chi connectivity index (χ0n) is 16.0. The van der Waals surface area contributed by atoms with Crippen molar-refractivity contribution in [3.8, 4) is 0 Å². The van der Waals surface area contributed by atoms with Crippen LogP contribution in [0.2, 0.25) is 0 Å². The van der Waals surface area contributed by atoms with Gasteiger partial charge in [0.25, 0.3) is 0 Å². The molecule has 2 aromatic rings. The largest absolute Gasteiger partial charge is 0.419 e. The van der Waals surface area contributed by atoms with Crippen molar-refractivity contribution in [1.82, 2.24) is 13.8 Å². The molecule has 2 aliphatic heterocycles. The fourth-order valence-electron chi connectivity index (χ4n) is 4.16. The summed E-state index contributed by atoms with van der Waals surface area (Å²) < 4.78 is 34.1. The first-order valence-corrected chi connectivity index (χ1v) is 11.2. The van der Waals surface area contributed by atoms with E-state index in [9.17, 15) is 18.0 Å².